The zero-order valence-corrected chi connectivity index (χ0v) is 10.3. The Bertz CT molecular complexity index is 690. The van der Waals surface area contributed by atoms with Crippen LogP contribution >= 0.6 is 0 Å². The lowest BCUT2D eigenvalue weighted by Gasteiger charge is -2.04. The van der Waals surface area contributed by atoms with E-state index in [9.17, 15) is 4.79 Å². The number of H-pyrrole nitrogens is 1. The second-order valence-corrected chi connectivity index (χ2v) is 3.94. The van der Waals surface area contributed by atoms with Gasteiger partial charge in [-0.1, -0.05) is 43.0 Å². The quantitative estimate of drug-likeness (QED) is 0.812. The van der Waals surface area contributed by atoms with Crippen molar-refractivity contribution in [3.63, 3.8) is 0 Å². The van der Waals surface area contributed by atoms with E-state index in [0.29, 0.717) is 5.39 Å². The van der Waals surface area contributed by atoms with E-state index in [1.807, 2.05) is 49.4 Å². The Labute approximate surface area is 106 Å². The van der Waals surface area contributed by atoms with Gasteiger partial charge in [-0.3, -0.25) is 4.79 Å². The Morgan fingerprint density at radius 1 is 1.33 bits per heavy atom. The van der Waals surface area contributed by atoms with Gasteiger partial charge in [0.2, 0.25) is 0 Å². The number of hydrogen-bond donors (Lipinski definition) is 1. The maximum absolute atomic E-state index is 12.0. The summed E-state index contributed by atoms with van der Waals surface area (Å²) < 4.78 is 0. The van der Waals surface area contributed by atoms with Crippen LogP contribution in [0.25, 0.3) is 16.5 Å². The number of benzene rings is 1. The smallest absolute Gasteiger partial charge is 0.190 e. The zero-order valence-electron chi connectivity index (χ0n) is 10.3. The van der Waals surface area contributed by atoms with Crippen LogP contribution in [-0.2, 0) is 0 Å². The number of nitrogens with one attached hydrogen (secondary N) is 1. The molecule has 0 bridgehead atoms. The van der Waals surface area contributed by atoms with E-state index in [1.54, 1.807) is 12.1 Å². The summed E-state index contributed by atoms with van der Waals surface area (Å²) in [4.78, 5) is 15.2. The van der Waals surface area contributed by atoms with Crippen molar-refractivity contribution in [3.05, 3.63) is 77.1 Å². The molecule has 1 N–H and O–H groups in total. The molecule has 0 radical (unpaired) electrons. The van der Waals surface area contributed by atoms with E-state index in [2.05, 4.69) is 11.6 Å². The minimum absolute atomic E-state index is 0.0209. The fourth-order valence-corrected chi connectivity index (χ4v) is 1.82. The molecule has 2 aromatic rings. The van der Waals surface area contributed by atoms with E-state index in [0.717, 1.165) is 16.8 Å². The summed E-state index contributed by atoms with van der Waals surface area (Å²) in [6.45, 7) is 5.72. The number of hydrogen-bond acceptors (Lipinski definition) is 1. The maximum Gasteiger partial charge on any atom is 0.190 e. The molecule has 0 spiro atoms. The van der Waals surface area contributed by atoms with E-state index in [4.69, 9.17) is 0 Å². The number of fused-ring (bicyclic) bond motifs is 1. The highest BCUT2D eigenvalue weighted by molar-refractivity contribution is 5.82. The van der Waals surface area contributed by atoms with E-state index < -0.39 is 0 Å². The van der Waals surface area contributed by atoms with Gasteiger partial charge in [-0.05, 0) is 24.6 Å². The SMILES string of the molecule is C=C/C(=C\C=C/C)c1cc(=O)c2ccccc2[nH]1. The largest absolute Gasteiger partial charge is 0.354 e. The van der Waals surface area contributed by atoms with E-state index in [-0.39, 0.29) is 5.43 Å². The van der Waals surface area contributed by atoms with Gasteiger partial charge < -0.3 is 4.98 Å². The number of para-hydroxylation sites is 1. The normalized spacial score (nSPS) is 12.2. The van der Waals surface area contributed by atoms with Crippen molar-refractivity contribution in [2.45, 2.75) is 6.92 Å². The third kappa shape index (κ3) is 2.33. The molecule has 1 heterocycles. The van der Waals surface area contributed by atoms with Gasteiger partial charge in [0, 0.05) is 22.7 Å². The molecule has 0 saturated carbocycles. The van der Waals surface area contributed by atoms with Crippen molar-refractivity contribution >= 4 is 16.5 Å². The maximum atomic E-state index is 12.0. The molecule has 0 unspecified atom stereocenters. The van der Waals surface area contributed by atoms with Crippen molar-refractivity contribution in [2.75, 3.05) is 0 Å². The van der Waals surface area contributed by atoms with Gasteiger partial charge in [-0.2, -0.15) is 0 Å². The Balaban J connectivity index is 2.65. The van der Waals surface area contributed by atoms with Crippen LogP contribution in [0.5, 0.6) is 0 Å². The number of rotatable bonds is 3. The van der Waals surface area contributed by atoms with Gasteiger partial charge in [0.1, 0.15) is 0 Å². The Morgan fingerprint density at radius 3 is 2.83 bits per heavy atom. The van der Waals surface area contributed by atoms with Crippen molar-refractivity contribution < 1.29 is 0 Å². The van der Waals surface area contributed by atoms with Crippen LogP contribution in [0.4, 0.5) is 0 Å². The van der Waals surface area contributed by atoms with Crippen LogP contribution in [0.1, 0.15) is 12.6 Å². The summed E-state index contributed by atoms with van der Waals surface area (Å²) in [5, 5.41) is 0.704. The molecule has 90 valence electrons. The summed E-state index contributed by atoms with van der Waals surface area (Å²) >= 11 is 0. The van der Waals surface area contributed by atoms with Gasteiger partial charge in [0.25, 0.3) is 0 Å². The number of pyridine rings is 1. The van der Waals surface area contributed by atoms with Crippen molar-refractivity contribution in [3.8, 4) is 0 Å². The molecule has 18 heavy (non-hydrogen) atoms. The molecule has 2 heteroatoms. The van der Waals surface area contributed by atoms with Crippen molar-refractivity contribution in [1.82, 2.24) is 4.98 Å². The highest BCUT2D eigenvalue weighted by Crippen LogP contribution is 2.15. The minimum Gasteiger partial charge on any atom is -0.354 e. The zero-order chi connectivity index (χ0) is 13.0. The summed E-state index contributed by atoms with van der Waals surface area (Å²) in [7, 11) is 0. The fourth-order valence-electron chi connectivity index (χ4n) is 1.82. The Hall–Kier alpha value is -2.35. The summed E-state index contributed by atoms with van der Waals surface area (Å²) in [5.74, 6) is 0. The second kappa shape index (κ2) is 5.32. The number of allylic oxidation sites excluding steroid dienone is 5. The molecule has 0 aliphatic rings. The van der Waals surface area contributed by atoms with Crippen molar-refractivity contribution in [2.24, 2.45) is 0 Å². The Morgan fingerprint density at radius 2 is 2.11 bits per heavy atom. The molecule has 0 amide bonds. The molecule has 1 aromatic heterocycles. The summed E-state index contributed by atoms with van der Waals surface area (Å²) in [6.07, 6.45) is 7.51. The minimum atomic E-state index is 0.0209. The molecule has 2 nitrogen and oxygen atoms in total. The lowest BCUT2D eigenvalue weighted by Crippen LogP contribution is -2.04. The van der Waals surface area contributed by atoms with Gasteiger partial charge in [0.15, 0.2) is 5.43 Å². The predicted molar refractivity (Wildman–Crippen MR) is 77.6 cm³/mol. The van der Waals surface area contributed by atoms with E-state index in [1.165, 1.54) is 0 Å². The first kappa shape index (κ1) is 12.1. The third-order valence-corrected chi connectivity index (χ3v) is 2.74. The highest BCUT2D eigenvalue weighted by atomic mass is 16.1. The summed E-state index contributed by atoms with van der Waals surface area (Å²) in [5.41, 5.74) is 2.54. The first-order chi connectivity index (χ1) is 8.76. The van der Waals surface area contributed by atoms with Crippen LogP contribution in [0.3, 0.4) is 0 Å². The number of aromatic nitrogens is 1. The molecule has 0 atom stereocenters. The van der Waals surface area contributed by atoms with Gasteiger partial charge in [-0.15, -0.1) is 0 Å². The molecule has 0 fully saturated rings. The topological polar surface area (TPSA) is 32.9 Å². The van der Waals surface area contributed by atoms with Crippen molar-refractivity contribution in [1.29, 1.82) is 0 Å². The van der Waals surface area contributed by atoms with Gasteiger partial charge in [-0.25, -0.2) is 0 Å². The molecule has 0 aliphatic carbocycles. The highest BCUT2D eigenvalue weighted by Gasteiger charge is 2.03. The molecular formula is C16H15NO. The second-order valence-electron chi connectivity index (χ2n) is 3.94. The van der Waals surface area contributed by atoms with E-state index >= 15 is 0 Å². The standard InChI is InChI=1S/C16H15NO/c1-3-5-8-12(4-2)15-11-16(18)13-9-6-7-10-14(13)17-15/h3-11H,2H2,1H3,(H,17,18)/b5-3-,12-8+. The molecular weight excluding hydrogens is 222 g/mol. The molecule has 0 saturated heterocycles. The monoisotopic (exact) mass is 237 g/mol. The van der Waals surface area contributed by atoms with Crippen LogP contribution in [0.15, 0.2) is 66.0 Å². The lowest BCUT2D eigenvalue weighted by molar-refractivity contribution is 1.33. The van der Waals surface area contributed by atoms with Crippen LogP contribution in [-0.4, -0.2) is 4.98 Å². The van der Waals surface area contributed by atoms with Crippen LogP contribution < -0.4 is 5.43 Å². The lowest BCUT2D eigenvalue weighted by atomic mass is 10.1. The average Bonchev–Trinajstić information content (AvgIpc) is 2.40. The first-order valence-electron chi connectivity index (χ1n) is 5.84. The first-order valence-corrected chi connectivity index (χ1v) is 5.84. The Kier molecular flexibility index (Phi) is 3.58. The molecule has 2 rings (SSSR count). The molecule has 0 aliphatic heterocycles. The average molecular weight is 237 g/mol. The van der Waals surface area contributed by atoms with Crippen LogP contribution in [0.2, 0.25) is 0 Å². The predicted octanol–water partition coefficient (Wildman–Crippen LogP) is 3.67. The summed E-state index contributed by atoms with van der Waals surface area (Å²) in [6, 6.07) is 9.10. The molecule has 1 aromatic carbocycles. The fraction of sp³-hybridized carbons (Fsp3) is 0.0625. The van der Waals surface area contributed by atoms with Gasteiger partial charge in [0.05, 0.1) is 0 Å². The van der Waals surface area contributed by atoms with Gasteiger partial charge >= 0.3 is 0 Å². The third-order valence-electron chi connectivity index (χ3n) is 2.74. The van der Waals surface area contributed by atoms with Crippen LogP contribution in [0, 0.1) is 0 Å². The number of aromatic amines is 1.